The Bertz CT molecular complexity index is 421. The van der Waals surface area contributed by atoms with Crippen LogP contribution in [0, 0.1) is 0 Å². The van der Waals surface area contributed by atoms with Crippen molar-refractivity contribution < 1.29 is 19.7 Å². The molecular formula is C14H19ClO4. The lowest BCUT2D eigenvalue weighted by Crippen LogP contribution is -2.03. The summed E-state index contributed by atoms with van der Waals surface area (Å²) in [6.07, 6.45) is 6.33. The van der Waals surface area contributed by atoms with Gasteiger partial charge in [-0.1, -0.05) is 17.7 Å². The van der Waals surface area contributed by atoms with Crippen molar-refractivity contribution >= 4 is 17.6 Å². The van der Waals surface area contributed by atoms with Crippen LogP contribution in [0.3, 0.4) is 0 Å². The largest absolute Gasteiger partial charge is 0.507 e. The summed E-state index contributed by atoms with van der Waals surface area (Å²) in [6, 6.07) is 0. The number of esters is 1. The van der Waals surface area contributed by atoms with E-state index in [0.29, 0.717) is 37.9 Å². The molecule has 0 amide bonds. The van der Waals surface area contributed by atoms with Crippen molar-refractivity contribution in [3.05, 3.63) is 34.3 Å². The molecule has 0 spiro atoms. The average Bonchev–Trinajstić information content (AvgIpc) is 2.50. The topological polar surface area (TPSA) is 66.8 Å². The predicted octanol–water partition coefficient (Wildman–Crippen LogP) is 3.89. The van der Waals surface area contributed by atoms with Gasteiger partial charge in [-0.15, -0.1) is 0 Å². The molecule has 0 aromatic carbocycles. The molecule has 1 rings (SSSR count). The maximum absolute atomic E-state index is 11.2. The molecule has 0 saturated carbocycles. The molecule has 0 aromatic rings. The summed E-state index contributed by atoms with van der Waals surface area (Å²) >= 11 is 5.82. The summed E-state index contributed by atoms with van der Waals surface area (Å²) in [5.41, 5.74) is 0.703. The van der Waals surface area contributed by atoms with Gasteiger partial charge in [-0.25, -0.2) is 0 Å². The molecule has 0 aliphatic heterocycles. The van der Waals surface area contributed by atoms with E-state index >= 15 is 0 Å². The molecule has 0 heterocycles. The second kappa shape index (κ2) is 7.89. The third kappa shape index (κ3) is 4.99. The molecule has 0 fully saturated rings. The Morgan fingerprint density at radius 1 is 1.37 bits per heavy atom. The Morgan fingerprint density at radius 2 is 2.11 bits per heavy atom. The summed E-state index contributed by atoms with van der Waals surface area (Å²) in [4.78, 5) is 11.2. The fourth-order valence-electron chi connectivity index (χ4n) is 1.80. The van der Waals surface area contributed by atoms with Gasteiger partial charge in [0.15, 0.2) is 0 Å². The van der Waals surface area contributed by atoms with Gasteiger partial charge in [0.1, 0.15) is 16.6 Å². The molecule has 106 valence electrons. The standard InChI is InChI=1S/C14H19ClO4/c1-2-19-12(17)9-4-3-6-10-7-5-8-11(16)13(15)14(10)18/h7-8,16,18H,2-6,9H2,1H3. The first-order chi connectivity index (χ1) is 9.06. The molecule has 0 saturated heterocycles. The first-order valence-corrected chi connectivity index (χ1v) is 6.77. The lowest BCUT2D eigenvalue weighted by Gasteiger charge is -2.07. The number of unbranched alkanes of at least 4 members (excludes halogenated alkanes) is 1. The van der Waals surface area contributed by atoms with Crippen molar-refractivity contribution in [3.8, 4) is 0 Å². The van der Waals surface area contributed by atoms with Gasteiger partial charge in [0, 0.05) is 6.42 Å². The summed E-state index contributed by atoms with van der Waals surface area (Å²) < 4.78 is 4.83. The SMILES string of the molecule is CCOC(=O)CCCCC1=CCC=C(O)C(Cl)=C1O. The molecule has 0 atom stereocenters. The van der Waals surface area contributed by atoms with Crippen LogP contribution in [0.4, 0.5) is 0 Å². The van der Waals surface area contributed by atoms with Gasteiger partial charge in [-0.05, 0) is 44.3 Å². The fourth-order valence-corrected chi connectivity index (χ4v) is 2.00. The molecular weight excluding hydrogens is 268 g/mol. The lowest BCUT2D eigenvalue weighted by molar-refractivity contribution is -0.143. The van der Waals surface area contributed by atoms with E-state index in [1.54, 1.807) is 13.0 Å². The van der Waals surface area contributed by atoms with Gasteiger partial charge >= 0.3 is 5.97 Å². The van der Waals surface area contributed by atoms with E-state index in [4.69, 9.17) is 16.3 Å². The van der Waals surface area contributed by atoms with Gasteiger partial charge in [-0.2, -0.15) is 0 Å². The quantitative estimate of drug-likeness (QED) is 0.574. The summed E-state index contributed by atoms with van der Waals surface area (Å²) in [7, 11) is 0. The van der Waals surface area contributed by atoms with Crippen LogP contribution < -0.4 is 0 Å². The summed E-state index contributed by atoms with van der Waals surface area (Å²) in [5, 5.41) is 19.3. The molecule has 1 aliphatic carbocycles. The molecule has 1 aliphatic rings. The summed E-state index contributed by atoms with van der Waals surface area (Å²) in [6.45, 7) is 2.17. The third-order valence-corrected chi connectivity index (χ3v) is 3.17. The highest BCUT2D eigenvalue weighted by Crippen LogP contribution is 2.28. The van der Waals surface area contributed by atoms with E-state index in [-0.39, 0.29) is 22.5 Å². The van der Waals surface area contributed by atoms with Crippen molar-refractivity contribution in [3.63, 3.8) is 0 Å². The molecule has 19 heavy (non-hydrogen) atoms. The monoisotopic (exact) mass is 286 g/mol. The van der Waals surface area contributed by atoms with Gasteiger partial charge in [-0.3, -0.25) is 4.79 Å². The zero-order valence-corrected chi connectivity index (χ0v) is 11.7. The maximum atomic E-state index is 11.2. The number of halogens is 1. The summed E-state index contributed by atoms with van der Waals surface area (Å²) in [5.74, 6) is -0.379. The number of hydrogen-bond donors (Lipinski definition) is 2. The Morgan fingerprint density at radius 3 is 2.79 bits per heavy atom. The number of carbonyl (C=O) groups is 1. The second-order valence-electron chi connectivity index (χ2n) is 4.23. The van der Waals surface area contributed by atoms with E-state index in [1.165, 1.54) is 0 Å². The zero-order chi connectivity index (χ0) is 14.3. The van der Waals surface area contributed by atoms with Crippen LogP contribution in [0.2, 0.25) is 0 Å². The van der Waals surface area contributed by atoms with E-state index in [1.807, 2.05) is 6.08 Å². The minimum Gasteiger partial charge on any atom is -0.507 e. The van der Waals surface area contributed by atoms with Crippen molar-refractivity contribution in [1.82, 2.24) is 0 Å². The number of rotatable bonds is 6. The van der Waals surface area contributed by atoms with Crippen LogP contribution in [0.15, 0.2) is 34.3 Å². The highest BCUT2D eigenvalue weighted by atomic mass is 35.5. The number of ether oxygens (including phenoxy) is 1. The zero-order valence-electron chi connectivity index (χ0n) is 11.0. The van der Waals surface area contributed by atoms with E-state index in [0.717, 1.165) is 6.42 Å². The molecule has 2 N–H and O–H groups in total. The second-order valence-corrected chi connectivity index (χ2v) is 4.61. The van der Waals surface area contributed by atoms with Crippen molar-refractivity contribution in [1.29, 1.82) is 0 Å². The highest BCUT2D eigenvalue weighted by Gasteiger charge is 2.14. The van der Waals surface area contributed by atoms with Crippen LogP contribution in [0.5, 0.6) is 0 Å². The van der Waals surface area contributed by atoms with Gasteiger partial charge in [0.2, 0.25) is 0 Å². The Balaban J connectivity index is 2.42. The molecule has 5 heteroatoms. The van der Waals surface area contributed by atoms with Crippen LogP contribution >= 0.6 is 11.6 Å². The van der Waals surface area contributed by atoms with E-state index in [9.17, 15) is 15.0 Å². The lowest BCUT2D eigenvalue weighted by atomic mass is 10.0. The number of aliphatic hydroxyl groups is 2. The highest BCUT2D eigenvalue weighted by molar-refractivity contribution is 6.32. The van der Waals surface area contributed by atoms with Crippen molar-refractivity contribution in [2.24, 2.45) is 0 Å². The first kappa shape index (κ1) is 15.6. The molecule has 0 aromatic heterocycles. The Kier molecular flexibility index (Phi) is 6.50. The van der Waals surface area contributed by atoms with Crippen LogP contribution in [0.1, 0.15) is 39.0 Å². The van der Waals surface area contributed by atoms with Crippen molar-refractivity contribution in [2.75, 3.05) is 6.61 Å². The van der Waals surface area contributed by atoms with Crippen LogP contribution in [-0.4, -0.2) is 22.8 Å². The van der Waals surface area contributed by atoms with Gasteiger partial charge in [0.05, 0.1) is 6.61 Å². The Labute approximate surface area is 118 Å². The Hall–Kier alpha value is -1.42. The predicted molar refractivity (Wildman–Crippen MR) is 74.0 cm³/mol. The number of allylic oxidation sites excluding steroid dienone is 4. The van der Waals surface area contributed by atoms with Crippen LogP contribution in [-0.2, 0) is 9.53 Å². The van der Waals surface area contributed by atoms with E-state index in [2.05, 4.69) is 0 Å². The number of hydrogen-bond acceptors (Lipinski definition) is 4. The van der Waals surface area contributed by atoms with Crippen molar-refractivity contribution in [2.45, 2.75) is 39.0 Å². The molecule has 4 nitrogen and oxygen atoms in total. The molecule has 0 radical (unpaired) electrons. The minimum atomic E-state index is -0.200. The number of aliphatic hydroxyl groups excluding tert-OH is 2. The average molecular weight is 287 g/mol. The smallest absolute Gasteiger partial charge is 0.305 e. The van der Waals surface area contributed by atoms with Gasteiger partial charge in [0.25, 0.3) is 0 Å². The number of carbonyl (C=O) groups excluding carboxylic acids is 1. The molecule has 0 unspecified atom stereocenters. The van der Waals surface area contributed by atoms with Gasteiger partial charge < -0.3 is 14.9 Å². The maximum Gasteiger partial charge on any atom is 0.305 e. The third-order valence-electron chi connectivity index (χ3n) is 2.79. The normalized spacial score (nSPS) is 15.7. The fraction of sp³-hybridized carbons (Fsp3) is 0.500. The van der Waals surface area contributed by atoms with Crippen LogP contribution in [0.25, 0.3) is 0 Å². The molecule has 0 bridgehead atoms. The minimum absolute atomic E-state index is 0.0193. The van der Waals surface area contributed by atoms with E-state index < -0.39 is 0 Å². The first-order valence-electron chi connectivity index (χ1n) is 6.39.